The van der Waals surface area contributed by atoms with Crippen LogP contribution in [0.5, 0.6) is 11.5 Å². The molecule has 4 rings (SSSR count). The van der Waals surface area contributed by atoms with Crippen molar-refractivity contribution in [3.63, 3.8) is 0 Å². The van der Waals surface area contributed by atoms with Crippen LogP contribution >= 0.6 is 0 Å². The molecule has 152 valence electrons. The Morgan fingerprint density at radius 2 is 2.07 bits per heavy atom. The Hall–Kier alpha value is -3.36. The molecular formula is C20H23N5O4. The van der Waals surface area contributed by atoms with E-state index in [0.29, 0.717) is 17.8 Å². The molecular weight excluding hydrogens is 374 g/mol. The highest BCUT2D eigenvalue weighted by molar-refractivity contribution is 6.02. The van der Waals surface area contributed by atoms with Crippen LogP contribution in [0.15, 0.2) is 23.0 Å². The number of ether oxygens (including phenoxy) is 1. The normalized spacial score (nSPS) is 14.9. The first-order valence-electron chi connectivity index (χ1n) is 9.78. The Morgan fingerprint density at radius 3 is 2.76 bits per heavy atom. The van der Waals surface area contributed by atoms with Gasteiger partial charge in [-0.05, 0) is 31.9 Å². The number of phenolic OH excluding ortho intramolecular Hbond substituents is 1. The molecule has 0 atom stereocenters. The molecule has 0 spiro atoms. The van der Waals surface area contributed by atoms with Crippen molar-refractivity contribution >= 4 is 17.1 Å². The van der Waals surface area contributed by atoms with Crippen molar-refractivity contribution in [2.75, 3.05) is 6.61 Å². The number of nitrogens with zero attached hydrogens (tertiary/aromatic N) is 3. The van der Waals surface area contributed by atoms with Crippen molar-refractivity contribution < 1.29 is 14.6 Å². The van der Waals surface area contributed by atoms with Crippen LogP contribution in [0, 0.1) is 0 Å². The number of para-hydroxylation sites is 1. The lowest BCUT2D eigenvalue weighted by Crippen LogP contribution is -2.24. The van der Waals surface area contributed by atoms with Crippen LogP contribution in [-0.2, 0) is 0 Å². The van der Waals surface area contributed by atoms with Gasteiger partial charge in [0.15, 0.2) is 28.7 Å². The molecule has 1 saturated carbocycles. The van der Waals surface area contributed by atoms with Crippen molar-refractivity contribution in [3.05, 3.63) is 34.4 Å². The second-order valence-corrected chi connectivity index (χ2v) is 7.14. The van der Waals surface area contributed by atoms with Gasteiger partial charge in [-0.2, -0.15) is 0 Å². The highest BCUT2D eigenvalue weighted by Gasteiger charge is 2.25. The SMILES string of the molecule is CCOc1cccc(-c2nc(C(N)=O)c3[nH]c(=O)n(C4CCCCC4)c3n2)c1O. The first-order chi connectivity index (χ1) is 14.0. The van der Waals surface area contributed by atoms with Gasteiger partial charge in [0, 0.05) is 6.04 Å². The molecule has 2 heterocycles. The molecule has 1 amide bonds. The van der Waals surface area contributed by atoms with E-state index in [0.717, 1.165) is 32.1 Å². The van der Waals surface area contributed by atoms with Gasteiger partial charge in [-0.1, -0.05) is 25.3 Å². The number of imidazole rings is 1. The van der Waals surface area contributed by atoms with E-state index in [2.05, 4.69) is 15.0 Å². The van der Waals surface area contributed by atoms with E-state index >= 15 is 0 Å². The maximum absolute atomic E-state index is 12.7. The largest absolute Gasteiger partial charge is 0.504 e. The quantitative estimate of drug-likeness (QED) is 0.605. The van der Waals surface area contributed by atoms with E-state index in [1.807, 2.05) is 6.92 Å². The molecule has 3 aromatic rings. The summed E-state index contributed by atoms with van der Waals surface area (Å²) in [4.78, 5) is 36.2. The summed E-state index contributed by atoms with van der Waals surface area (Å²) >= 11 is 0. The number of phenols is 1. The number of H-pyrrole nitrogens is 1. The molecule has 1 aliphatic rings. The van der Waals surface area contributed by atoms with Crippen molar-refractivity contribution in [1.29, 1.82) is 0 Å². The Labute approximate surface area is 166 Å². The minimum absolute atomic E-state index is 0.00293. The van der Waals surface area contributed by atoms with Crippen molar-refractivity contribution in [2.24, 2.45) is 5.73 Å². The minimum atomic E-state index is -0.781. The van der Waals surface area contributed by atoms with E-state index < -0.39 is 5.91 Å². The number of amides is 1. The lowest BCUT2D eigenvalue weighted by molar-refractivity contribution is 0.0997. The number of hydrogen-bond acceptors (Lipinski definition) is 6. The van der Waals surface area contributed by atoms with Crippen LogP contribution in [-0.4, -0.2) is 37.1 Å². The Bertz CT molecular complexity index is 1130. The second kappa shape index (κ2) is 7.57. The second-order valence-electron chi connectivity index (χ2n) is 7.14. The lowest BCUT2D eigenvalue weighted by Gasteiger charge is -2.22. The molecule has 2 aromatic heterocycles. The molecule has 1 aliphatic carbocycles. The van der Waals surface area contributed by atoms with Gasteiger partial charge in [0.05, 0.1) is 12.2 Å². The fraction of sp³-hybridized carbons (Fsp3) is 0.400. The van der Waals surface area contributed by atoms with Gasteiger partial charge in [-0.3, -0.25) is 9.36 Å². The van der Waals surface area contributed by atoms with Crippen molar-refractivity contribution in [1.82, 2.24) is 19.5 Å². The van der Waals surface area contributed by atoms with Crippen LogP contribution in [0.4, 0.5) is 0 Å². The summed E-state index contributed by atoms with van der Waals surface area (Å²) in [5.74, 6) is -0.524. The third-order valence-electron chi connectivity index (χ3n) is 5.28. The van der Waals surface area contributed by atoms with Crippen molar-refractivity contribution in [3.8, 4) is 22.9 Å². The Balaban J connectivity index is 1.96. The maximum atomic E-state index is 12.7. The van der Waals surface area contributed by atoms with E-state index in [-0.39, 0.29) is 40.3 Å². The van der Waals surface area contributed by atoms with E-state index in [1.54, 1.807) is 22.8 Å². The summed E-state index contributed by atoms with van der Waals surface area (Å²) in [6.07, 6.45) is 4.92. The monoisotopic (exact) mass is 397 g/mol. The van der Waals surface area contributed by atoms with Crippen LogP contribution < -0.4 is 16.2 Å². The number of hydrogen-bond donors (Lipinski definition) is 3. The number of nitrogens with two attached hydrogens (primary N) is 1. The molecule has 0 radical (unpaired) electrons. The molecule has 0 unspecified atom stereocenters. The summed E-state index contributed by atoms with van der Waals surface area (Å²) in [6, 6.07) is 4.95. The van der Waals surface area contributed by atoms with Gasteiger partial charge in [-0.15, -0.1) is 0 Å². The van der Waals surface area contributed by atoms with Gasteiger partial charge >= 0.3 is 5.69 Å². The number of aromatic amines is 1. The first-order valence-corrected chi connectivity index (χ1v) is 9.78. The van der Waals surface area contributed by atoms with E-state index in [4.69, 9.17) is 10.5 Å². The molecule has 1 fully saturated rings. The molecule has 9 heteroatoms. The third kappa shape index (κ3) is 3.32. The fourth-order valence-corrected chi connectivity index (χ4v) is 3.95. The van der Waals surface area contributed by atoms with Gasteiger partial charge < -0.3 is 20.6 Å². The zero-order chi connectivity index (χ0) is 20.5. The predicted octanol–water partition coefficient (Wildman–Crippen LogP) is 2.50. The number of nitrogens with one attached hydrogen (secondary N) is 1. The van der Waals surface area contributed by atoms with Gasteiger partial charge in [0.25, 0.3) is 5.91 Å². The van der Waals surface area contributed by atoms with Gasteiger partial charge in [0.1, 0.15) is 5.52 Å². The van der Waals surface area contributed by atoms with E-state index in [9.17, 15) is 14.7 Å². The number of primary amides is 1. The lowest BCUT2D eigenvalue weighted by atomic mass is 9.95. The molecule has 0 saturated heterocycles. The number of aromatic nitrogens is 4. The predicted molar refractivity (Wildman–Crippen MR) is 107 cm³/mol. The average Bonchev–Trinajstić information content (AvgIpc) is 3.05. The number of carbonyl (C=O) groups is 1. The maximum Gasteiger partial charge on any atom is 0.327 e. The molecule has 1 aromatic carbocycles. The molecule has 0 bridgehead atoms. The fourth-order valence-electron chi connectivity index (χ4n) is 3.95. The highest BCUT2D eigenvalue weighted by atomic mass is 16.5. The van der Waals surface area contributed by atoms with Crippen LogP contribution in [0.3, 0.4) is 0 Å². The molecule has 9 nitrogen and oxygen atoms in total. The standard InChI is InChI=1S/C20H23N5O4/c1-2-29-13-10-6-9-12(16(13)26)18-22-14(17(21)27)15-19(24-18)25(20(28)23-15)11-7-4-3-5-8-11/h6,9-11,26H,2-5,7-8H2,1H3,(H2,21,27)(H,23,28). The minimum Gasteiger partial charge on any atom is -0.504 e. The summed E-state index contributed by atoms with van der Waals surface area (Å²) in [5.41, 5.74) is 5.94. The number of carbonyl (C=O) groups excluding carboxylic acids is 1. The Morgan fingerprint density at radius 1 is 1.31 bits per heavy atom. The Kier molecular flexibility index (Phi) is 4.96. The van der Waals surface area contributed by atoms with Crippen LogP contribution in [0.2, 0.25) is 0 Å². The molecule has 4 N–H and O–H groups in total. The van der Waals surface area contributed by atoms with Gasteiger partial charge in [-0.25, -0.2) is 14.8 Å². The number of fused-ring (bicyclic) bond motifs is 1. The van der Waals surface area contributed by atoms with Gasteiger partial charge in [0.2, 0.25) is 0 Å². The zero-order valence-corrected chi connectivity index (χ0v) is 16.1. The first kappa shape index (κ1) is 19.0. The van der Waals surface area contributed by atoms with Crippen molar-refractivity contribution in [2.45, 2.75) is 45.1 Å². The number of aromatic hydroxyl groups is 1. The van der Waals surface area contributed by atoms with Crippen LogP contribution in [0.25, 0.3) is 22.6 Å². The summed E-state index contributed by atoms with van der Waals surface area (Å²) in [5, 5.41) is 10.6. The van der Waals surface area contributed by atoms with E-state index in [1.165, 1.54) is 0 Å². The summed E-state index contributed by atoms with van der Waals surface area (Å²) < 4.78 is 7.02. The highest BCUT2D eigenvalue weighted by Crippen LogP contribution is 2.36. The summed E-state index contributed by atoms with van der Waals surface area (Å²) in [7, 11) is 0. The summed E-state index contributed by atoms with van der Waals surface area (Å²) in [6.45, 7) is 2.19. The molecule has 29 heavy (non-hydrogen) atoms. The number of rotatable bonds is 5. The smallest absolute Gasteiger partial charge is 0.327 e. The molecule has 0 aliphatic heterocycles. The third-order valence-corrected chi connectivity index (χ3v) is 5.28. The topological polar surface area (TPSA) is 136 Å². The average molecular weight is 397 g/mol. The zero-order valence-electron chi connectivity index (χ0n) is 16.1. The number of benzene rings is 1. The van der Waals surface area contributed by atoms with Crippen LogP contribution in [0.1, 0.15) is 55.6 Å².